The number of aliphatic hydroxyl groups is 1. The van der Waals surface area contributed by atoms with Gasteiger partial charge in [0.25, 0.3) is 0 Å². The molecule has 2 aromatic rings. The molecule has 80 valence electrons. The fourth-order valence-electron chi connectivity index (χ4n) is 1.46. The van der Waals surface area contributed by atoms with Gasteiger partial charge in [0.1, 0.15) is 0 Å². The smallest absolute Gasteiger partial charge is 0.332 e. The molecule has 1 unspecified atom stereocenters. The number of aromatic nitrogens is 2. The van der Waals surface area contributed by atoms with Crippen molar-refractivity contribution in [3.8, 4) is 0 Å². The van der Waals surface area contributed by atoms with Gasteiger partial charge in [0.15, 0.2) is 11.1 Å². The molecule has 0 fully saturated rings. The van der Waals surface area contributed by atoms with E-state index in [1.165, 1.54) is 11.3 Å². The summed E-state index contributed by atoms with van der Waals surface area (Å²) in [4.78, 5) is 15.6. The van der Waals surface area contributed by atoms with Crippen LogP contribution < -0.4 is 0 Å². The molecule has 0 saturated carbocycles. The second-order valence-corrected chi connectivity index (χ2v) is 4.13. The van der Waals surface area contributed by atoms with Crippen LogP contribution in [0.5, 0.6) is 0 Å². The van der Waals surface area contributed by atoms with Crippen LogP contribution in [0.25, 0.3) is 4.96 Å². The predicted molar refractivity (Wildman–Crippen MR) is 55.2 cm³/mol. The summed E-state index contributed by atoms with van der Waals surface area (Å²) in [7, 11) is 0. The van der Waals surface area contributed by atoms with Gasteiger partial charge in [0, 0.05) is 23.7 Å². The van der Waals surface area contributed by atoms with Crippen LogP contribution in [0.15, 0.2) is 11.6 Å². The SMILES string of the molecule is Cc1nc2sccn2c1CC(O)C(=O)O. The minimum Gasteiger partial charge on any atom is -0.479 e. The number of aliphatic carboxylic acids is 1. The zero-order chi connectivity index (χ0) is 11.0. The molecule has 6 heteroatoms. The molecular formula is C9H10N2O3S. The molecule has 2 aromatic heterocycles. The lowest BCUT2D eigenvalue weighted by atomic mass is 10.2. The van der Waals surface area contributed by atoms with Gasteiger partial charge in [-0.25, -0.2) is 9.78 Å². The van der Waals surface area contributed by atoms with E-state index < -0.39 is 12.1 Å². The Balaban J connectivity index is 2.37. The Morgan fingerprint density at radius 2 is 2.47 bits per heavy atom. The largest absolute Gasteiger partial charge is 0.479 e. The molecule has 0 saturated heterocycles. The number of hydrogen-bond donors (Lipinski definition) is 2. The van der Waals surface area contributed by atoms with E-state index in [0.717, 1.165) is 16.3 Å². The molecule has 5 nitrogen and oxygen atoms in total. The Hall–Kier alpha value is -1.40. The number of rotatable bonds is 3. The minimum atomic E-state index is -1.37. The molecule has 0 aliphatic carbocycles. The van der Waals surface area contributed by atoms with Gasteiger partial charge < -0.3 is 10.2 Å². The van der Waals surface area contributed by atoms with Crippen molar-refractivity contribution in [2.24, 2.45) is 0 Å². The average molecular weight is 226 g/mol. The van der Waals surface area contributed by atoms with Gasteiger partial charge in [0.2, 0.25) is 0 Å². The highest BCUT2D eigenvalue weighted by atomic mass is 32.1. The second-order valence-electron chi connectivity index (χ2n) is 3.26. The summed E-state index contributed by atoms with van der Waals surface area (Å²) in [6.45, 7) is 1.81. The maximum atomic E-state index is 10.5. The van der Waals surface area contributed by atoms with E-state index in [1.807, 2.05) is 22.9 Å². The quantitative estimate of drug-likeness (QED) is 0.807. The Morgan fingerprint density at radius 3 is 3.13 bits per heavy atom. The molecule has 2 rings (SSSR count). The van der Waals surface area contributed by atoms with Crippen molar-refractivity contribution in [1.82, 2.24) is 9.38 Å². The number of carbonyl (C=O) groups is 1. The van der Waals surface area contributed by atoms with Crippen LogP contribution in [0.4, 0.5) is 0 Å². The molecule has 0 radical (unpaired) electrons. The van der Waals surface area contributed by atoms with Crippen LogP contribution in [-0.4, -0.2) is 31.7 Å². The molecule has 2 N–H and O–H groups in total. The van der Waals surface area contributed by atoms with Gasteiger partial charge in [-0.3, -0.25) is 4.40 Å². The van der Waals surface area contributed by atoms with Crippen molar-refractivity contribution in [1.29, 1.82) is 0 Å². The lowest BCUT2D eigenvalue weighted by molar-refractivity contribution is -0.146. The molecule has 15 heavy (non-hydrogen) atoms. The van der Waals surface area contributed by atoms with E-state index in [9.17, 15) is 9.90 Å². The summed E-state index contributed by atoms with van der Waals surface area (Å²) in [6, 6.07) is 0. The molecule has 0 aromatic carbocycles. The highest BCUT2D eigenvalue weighted by Crippen LogP contribution is 2.18. The first-order chi connectivity index (χ1) is 7.09. The molecule has 2 heterocycles. The zero-order valence-corrected chi connectivity index (χ0v) is 8.86. The number of thiazole rings is 1. The van der Waals surface area contributed by atoms with Crippen molar-refractivity contribution in [3.63, 3.8) is 0 Å². The maximum Gasteiger partial charge on any atom is 0.332 e. The first kappa shape index (κ1) is 10.1. The molecule has 1 atom stereocenters. The lowest BCUT2D eigenvalue weighted by Gasteiger charge is -2.04. The number of hydrogen-bond acceptors (Lipinski definition) is 4. The Kier molecular flexibility index (Phi) is 2.45. The van der Waals surface area contributed by atoms with Crippen molar-refractivity contribution >= 4 is 22.3 Å². The van der Waals surface area contributed by atoms with Crippen LogP contribution in [0.2, 0.25) is 0 Å². The highest BCUT2D eigenvalue weighted by Gasteiger charge is 2.18. The molecule has 0 aliphatic heterocycles. The fourth-order valence-corrected chi connectivity index (χ4v) is 2.24. The Bertz CT molecular complexity index is 502. The Morgan fingerprint density at radius 1 is 1.73 bits per heavy atom. The second kappa shape index (κ2) is 3.63. The van der Waals surface area contributed by atoms with Crippen molar-refractivity contribution < 1.29 is 15.0 Å². The van der Waals surface area contributed by atoms with E-state index in [1.54, 1.807) is 0 Å². The lowest BCUT2D eigenvalue weighted by Crippen LogP contribution is -2.23. The summed E-state index contributed by atoms with van der Waals surface area (Å²) in [5.74, 6) is -1.21. The molecule has 0 aliphatic rings. The van der Waals surface area contributed by atoms with Crippen LogP contribution in [0, 0.1) is 6.92 Å². The average Bonchev–Trinajstić information content (AvgIpc) is 2.69. The van der Waals surface area contributed by atoms with Crippen molar-refractivity contribution in [2.45, 2.75) is 19.4 Å². The van der Waals surface area contributed by atoms with Gasteiger partial charge in [-0.05, 0) is 6.92 Å². The first-order valence-electron chi connectivity index (χ1n) is 4.41. The Labute approximate surface area is 89.6 Å². The number of nitrogens with zero attached hydrogens (tertiary/aromatic N) is 2. The predicted octanol–water partition coefficient (Wildman–Crippen LogP) is 0.692. The molecule has 0 amide bonds. The van der Waals surface area contributed by atoms with Gasteiger partial charge in [-0.1, -0.05) is 0 Å². The zero-order valence-electron chi connectivity index (χ0n) is 8.04. The van der Waals surface area contributed by atoms with Gasteiger partial charge in [-0.2, -0.15) is 0 Å². The van der Waals surface area contributed by atoms with Crippen LogP contribution in [-0.2, 0) is 11.2 Å². The fraction of sp³-hybridized carbons (Fsp3) is 0.333. The summed E-state index contributed by atoms with van der Waals surface area (Å²) < 4.78 is 1.81. The number of aliphatic hydroxyl groups excluding tert-OH is 1. The summed E-state index contributed by atoms with van der Waals surface area (Å²) >= 11 is 1.48. The standard InChI is InChI=1S/C9H10N2O3S/c1-5-6(4-7(12)8(13)14)11-2-3-15-9(11)10-5/h2-3,7,12H,4H2,1H3,(H,13,14). The topological polar surface area (TPSA) is 74.8 Å². The molecule has 0 spiro atoms. The number of carboxylic acids is 1. The monoisotopic (exact) mass is 226 g/mol. The number of aryl methyl sites for hydroxylation is 1. The van der Waals surface area contributed by atoms with Crippen molar-refractivity contribution in [2.75, 3.05) is 0 Å². The summed E-state index contributed by atoms with van der Waals surface area (Å²) in [5, 5.41) is 19.8. The van der Waals surface area contributed by atoms with Gasteiger partial charge in [0.05, 0.1) is 5.69 Å². The van der Waals surface area contributed by atoms with E-state index >= 15 is 0 Å². The third kappa shape index (κ3) is 1.73. The summed E-state index contributed by atoms with van der Waals surface area (Å²) in [5.41, 5.74) is 1.52. The third-order valence-corrected chi connectivity index (χ3v) is 2.99. The van der Waals surface area contributed by atoms with Crippen molar-refractivity contribution in [3.05, 3.63) is 23.0 Å². The maximum absolute atomic E-state index is 10.5. The summed E-state index contributed by atoms with van der Waals surface area (Å²) in [6.07, 6.45) is 0.534. The number of carboxylic acid groups (broad SMARTS) is 1. The minimum absolute atomic E-state index is 0.0824. The van der Waals surface area contributed by atoms with Gasteiger partial charge in [-0.15, -0.1) is 11.3 Å². The van der Waals surface area contributed by atoms with E-state index in [0.29, 0.717) is 0 Å². The van der Waals surface area contributed by atoms with E-state index in [2.05, 4.69) is 4.98 Å². The van der Waals surface area contributed by atoms with Crippen LogP contribution in [0.1, 0.15) is 11.4 Å². The van der Waals surface area contributed by atoms with Crippen LogP contribution >= 0.6 is 11.3 Å². The van der Waals surface area contributed by atoms with Crippen LogP contribution in [0.3, 0.4) is 0 Å². The molecule has 0 bridgehead atoms. The van der Waals surface area contributed by atoms with E-state index in [4.69, 9.17) is 5.11 Å². The first-order valence-corrected chi connectivity index (χ1v) is 5.29. The van der Waals surface area contributed by atoms with E-state index in [-0.39, 0.29) is 6.42 Å². The number of fused-ring (bicyclic) bond motifs is 1. The molecular weight excluding hydrogens is 216 g/mol. The normalized spacial score (nSPS) is 13.2. The number of imidazole rings is 1. The third-order valence-electron chi connectivity index (χ3n) is 2.23. The van der Waals surface area contributed by atoms with Gasteiger partial charge >= 0.3 is 5.97 Å². The highest BCUT2D eigenvalue weighted by molar-refractivity contribution is 7.15.